The third-order valence-electron chi connectivity index (χ3n) is 7.82. The molecule has 202 valence electrons. The number of benzene rings is 2. The predicted octanol–water partition coefficient (Wildman–Crippen LogP) is 5.14. The Morgan fingerprint density at radius 3 is 2.53 bits per heavy atom. The molecule has 2 aromatic carbocycles. The smallest absolute Gasteiger partial charge is 0.303 e. The van der Waals surface area contributed by atoms with Gasteiger partial charge in [-0.25, -0.2) is 14.4 Å². The Hall–Kier alpha value is -3.24. The molecule has 1 saturated heterocycles. The molecule has 2 N–H and O–H groups in total. The lowest BCUT2D eigenvalue weighted by Gasteiger charge is -2.32. The van der Waals surface area contributed by atoms with Crippen LogP contribution in [0.2, 0.25) is 0 Å². The number of rotatable bonds is 5. The normalized spacial score (nSPS) is 18.2. The van der Waals surface area contributed by atoms with Gasteiger partial charge in [0.15, 0.2) is 0 Å². The molecule has 1 amide bonds. The lowest BCUT2D eigenvalue weighted by atomic mass is 9.75. The molecule has 2 aliphatic rings. The Morgan fingerprint density at radius 2 is 1.87 bits per heavy atom. The van der Waals surface area contributed by atoms with Crippen molar-refractivity contribution in [3.8, 4) is 0 Å². The second kappa shape index (κ2) is 8.91. The van der Waals surface area contributed by atoms with Crippen molar-refractivity contribution >= 4 is 28.3 Å². The van der Waals surface area contributed by atoms with Gasteiger partial charge in [0.2, 0.25) is 5.91 Å². The molecule has 0 saturated carbocycles. The largest absolute Gasteiger partial charge is 0.384 e. The van der Waals surface area contributed by atoms with Crippen LogP contribution in [0.15, 0.2) is 30.3 Å². The Kier molecular flexibility index (Phi) is 6.18. The van der Waals surface area contributed by atoms with Crippen LogP contribution in [0.5, 0.6) is 0 Å². The first-order valence-electron chi connectivity index (χ1n) is 12.6. The summed E-state index contributed by atoms with van der Waals surface area (Å²) >= 11 is 0. The molecule has 0 radical (unpaired) electrons. The fraction of sp³-hybridized carbons (Fsp3) is 0.464. The molecule has 38 heavy (non-hydrogen) atoms. The summed E-state index contributed by atoms with van der Waals surface area (Å²) < 4.78 is 50.6. The monoisotopic (exact) mass is 528 g/mol. The van der Waals surface area contributed by atoms with Crippen LogP contribution in [0.3, 0.4) is 0 Å². The number of alkyl halides is 2. The van der Waals surface area contributed by atoms with E-state index in [0.29, 0.717) is 48.6 Å². The summed E-state index contributed by atoms with van der Waals surface area (Å²) in [6.07, 6.45) is 1.18. The summed E-state index contributed by atoms with van der Waals surface area (Å²) in [5, 5.41) is 13.8. The number of carbonyl (C=O) groups excluding carboxylic acids is 1. The molecule has 2 aliphatic heterocycles. The summed E-state index contributed by atoms with van der Waals surface area (Å²) in [7, 11) is 1.74. The van der Waals surface area contributed by atoms with Crippen molar-refractivity contribution in [3.05, 3.63) is 58.7 Å². The molecule has 1 fully saturated rings. The molecule has 1 aromatic heterocycles. The van der Waals surface area contributed by atoms with Crippen LogP contribution in [0.4, 0.5) is 24.7 Å². The van der Waals surface area contributed by atoms with Crippen LogP contribution in [0, 0.1) is 12.7 Å². The summed E-state index contributed by atoms with van der Waals surface area (Å²) in [5.74, 6) is -4.01. The fourth-order valence-electron chi connectivity index (χ4n) is 5.54. The molecule has 5 rings (SSSR count). The number of aromatic nitrogens is 2. The first-order chi connectivity index (χ1) is 17.8. The van der Waals surface area contributed by atoms with Crippen molar-refractivity contribution in [1.82, 2.24) is 9.97 Å². The zero-order valence-electron chi connectivity index (χ0n) is 22.0. The van der Waals surface area contributed by atoms with Crippen molar-refractivity contribution in [1.29, 1.82) is 0 Å². The summed E-state index contributed by atoms with van der Waals surface area (Å²) in [4.78, 5) is 24.1. The fourth-order valence-corrected chi connectivity index (χ4v) is 5.54. The van der Waals surface area contributed by atoms with Crippen LogP contribution < -0.4 is 10.2 Å². The molecule has 3 heterocycles. The number of aryl methyl sites for hydroxylation is 1. The quantitative estimate of drug-likeness (QED) is 0.477. The van der Waals surface area contributed by atoms with Gasteiger partial charge in [-0.1, -0.05) is 12.1 Å². The number of likely N-dealkylation sites (N-methyl/N-ethyl adjacent to an activating group) is 1. The van der Waals surface area contributed by atoms with Gasteiger partial charge in [-0.05, 0) is 64.3 Å². The van der Waals surface area contributed by atoms with E-state index in [2.05, 4.69) is 15.3 Å². The van der Waals surface area contributed by atoms with Crippen molar-refractivity contribution < 1.29 is 27.8 Å². The van der Waals surface area contributed by atoms with Gasteiger partial charge in [-0.15, -0.1) is 0 Å². The van der Waals surface area contributed by atoms with E-state index >= 15 is 4.39 Å². The Balaban J connectivity index is 1.57. The summed E-state index contributed by atoms with van der Waals surface area (Å²) in [6, 6.07) is 6.78. The van der Waals surface area contributed by atoms with Crippen LogP contribution in [-0.2, 0) is 20.9 Å². The van der Waals surface area contributed by atoms with Crippen molar-refractivity contribution in [2.45, 2.75) is 63.5 Å². The van der Waals surface area contributed by atoms with E-state index in [0.717, 1.165) is 31.2 Å². The maximum atomic E-state index is 15.4. The van der Waals surface area contributed by atoms with E-state index in [4.69, 9.17) is 4.74 Å². The van der Waals surface area contributed by atoms with Crippen molar-refractivity contribution in [2.75, 3.05) is 30.5 Å². The van der Waals surface area contributed by atoms with Gasteiger partial charge in [0.1, 0.15) is 23.1 Å². The van der Waals surface area contributed by atoms with E-state index in [9.17, 15) is 18.7 Å². The number of nitrogens with zero attached hydrogens (tertiary/aromatic N) is 3. The minimum atomic E-state index is -3.80. The minimum Gasteiger partial charge on any atom is -0.384 e. The van der Waals surface area contributed by atoms with E-state index in [-0.39, 0.29) is 11.5 Å². The Labute approximate surface area is 219 Å². The number of hydrogen-bond acceptors (Lipinski definition) is 6. The maximum absolute atomic E-state index is 15.4. The second-order valence-corrected chi connectivity index (χ2v) is 10.8. The standard InChI is InChI=1S/C28H31F3N4O3/c1-15(17-7-6-8-19(23(17)29)28(30,31)26(3,4)37)32-24-18-13-22-20(14-21(18)33-16(2)34-24)27(25(36)35(22)5)9-11-38-12-10-27/h6-8,13-15,37H,9-12H2,1-5H3,(H,32,33,34). The number of anilines is 2. The predicted molar refractivity (Wildman–Crippen MR) is 138 cm³/mol. The van der Waals surface area contributed by atoms with Gasteiger partial charge in [0, 0.05) is 36.9 Å². The topological polar surface area (TPSA) is 87.6 Å². The highest BCUT2D eigenvalue weighted by atomic mass is 19.3. The van der Waals surface area contributed by atoms with Crippen LogP contribution in [0.1, 0.15) is 62.2 Å². The van der Waals surface area contributed by atoms with Crippen LogP contribution >= 0.6 is 0 Å². The van der Waals surface area contributed by atoms with Gasteiger partial charge in [0.05, 0.1) is 22.5 Å². The number of ether oxygens (including phenoxy) is 1. The first-order valence-corrected chi connectivity index (χ1v) is 12.6. The average molecular weight is 529 g/mol. The molecule has 3 aromatic rings. The van der Waals surface area contributed by atoms with Gasteiger partial charge >= 0.3 is 5.92 Å². The lowest BCUT2D eigenvalue weighted by Crippen LogP contribution is -2.42. The number of carbonyl (C=O) groups is 1. The van der Waals surface area contributed by atoms with E-state index in [1.807, 2.05) is 12.1 Å². The number of amides is 1. The Morgan fingerprint density at radius 1 is 1.18 bits per heavy atom. The summed E-state index contributed by atoms with van der Waals surface area (Å²) in [5.41, 5.74) is -1.68. The summed E-state index contributed by atoms with van der Waals surface area (Å²) in [6.45, 7) is 6.27. The highest BCUT2D eigenvalue weighted by Crippen LogP contribution is 2.49. The van der Waals surface area contributed by atoms with Gasteiger partial charge in [-0.3, -0.25) is 4.79 Å². The molecule has 0 aliphatic carbocycles. The van der Waals surface area contributed by atoms with Crippen molar-refractivity contribution in [3.63, 3.8) is 0 Å². The van der Waals surface area contributed by atoms with Crippen LogP contribution in [-0.4, -0.2) is 46.8 Å². The van der Waals surface area contributed by atoms with Gasteiger partial charge in [-0.2, -0.15) is 8.78 Å². The third-order valence-corrected chi connectivity index (χ3v) is 7.82. The SMILES string of the molecule is Cc1nc(NC(C)c2cccc(C(F)(F)C(C)(C)O)c2F)c2cc3c(cc2n1)C1(CCOCC1)C(=O)N3C. The number of fused-ring (bicyclic) bond motifs is 3. The van der Waals surface area contributed by atoms with Crippen LogP contribution in [0.25, 0.3) is 10.9 Å². The number of nitrogens with one attached hydrogen (secondary N) is 1. The number of hydrogen-bond donors (Lipinski definition) is 2. The molecular weight excluding hydrogens is 497 g/mol. The zero-order chi connectivity index (χ0) is 27.6. The molecule has 10 heteroatoms. The molecule has 1 spiro atoms. The first kappa shape index (κ1) is 26.4. The van der Waals surface area contributed by atoms with E-state index in [1.165, 1.54) is 12.1 Å². The van der Waals surface area contributed by atoms with Gasteiger partial charge < -0.3 is 20.1 Å². The number of aliphatic hydroxyl groups is 1. The third kappa shape index (κ3) is 3.92. The average Bonchev–Trinajstić information content (AvgIpc) is 3.04. The molecule has 0 bridgehead atoms. The minimum absolute atomic E-state index is 0.00505. The van der Waals surface area contributed by atoms with Gasteiger partial charge in [0.25, 0.3) is 0 Å². The highest BCUT2D eigenvalue weighted by Gasteiger charge is 2.51. The number of halogens is 3. The molecule has 1 unspecified atom stereocenters. The molecular formula is C28H31F3N4O3. The zero-order valence-corrected chi connectivity index (χ0v) is 22.0. The second-order valence-electron chi connectivity index (χ2n) is 10.8. The van der Waals surface area contributed by atoms with E-state index in [1.54, 1.807) is 25.8 Å². The lowest BCUT2D eigenvalue weighted by molar-refractivity contribution is -0.170. The van der Waals surface area contributed by atoms with E-state index < -0.39 is 34.4 Å². The molecule has 1 atom stereocenters. The molecule has 7 nitrogen and oxygen atoms in total. The maximum Gasteiger partial charge on any atom is 0.303 e. The highest BCUT2D eigenvalue weighted by molar-refractivity contribution is 6.10. The van der Waals surface area contributed by atoms with Crippen molar-refractivity contribution in [2.24, 2.45) is 0 Å². The Bertz CT molecular complexity index is 1430.